The van der Waals surface area contributed by atoms with Gasteiger partial charge in [0.05, 0.1) is 26.4 Å². The predicted octanol–water partition coefficient (Wildman–Crippen LogP) is 25.8. The fraction of sp³-hybridized carbons (Fsp3) is 0.953. The minimum atomic E-state index is -4.96. The number of phosphoric acid groups is 2. The average molecular weight is 1520 g/mol. The molecule has 0 radical (unpaired) electrons. The fourth-order valence-corrected chi connectivity index (χ4v) is 14.8. The van der Waals surface area contributed by atoms with Crippen LogP contribution in [0.2, 0.25) is 0 Å². The summed E-state index contributed by atoms with van der Waals surface area (Å²) in [5.41, 5.74) is 0. The molecule has 0 amide bonds. The summed E-state index contributed by atoms with van der Waals surface area (Å²) < 4.78 is 68.8. The highest BCUT2D eigenvalue weighted by Gasteiger charge is 2.30. The lowest BCUT2D eigenvalue weighted by atomic mass is 10.0. The molecule has 0 heterocycles. The molecule has 0 saturated carbocycles. The van der Waals surface area contributed by atoms with Crippen molar-refractivity contribution in [1.29, 1.82) is 0 Å². The number of hydrogen-bond acceptors (Lipinski definition) is 15. The molecule has 618 valence electrons. The number of aliphatic hydroxyl groups is 1. The van der Waals surface area contributed by atoms with Crippen LogP contribution in [0.15, 0.2) is 0 Å². The van der Waals surface area contributed by atoms with Gasteiger partial charge in [0.25, 0.3) is 0 Å². The maximum Gasteiger partial charge on any atom is 0.472 e. The van der Waals surface area contributed by atoms with Crippen molar-refractivity contribution in [3.05, 3.63) is 0 Å². The second-order valence-corrected chi connectivity index (χ2v) is 34.4. The van der Waals surface area contributed by atoms with Crippen molar-refractivity contribution in [2.75, 3.05) is 39.6 Å². The molecule has 0 aromatic carbocycles. The van der Waals surface area contributed by atoms with Crippen LogP contribution >= 0.6 is 15.6 Å². The van der Waals surface area contributed by atoms with E-state index < -0.39 is 97.5 Å². The summed E-state index contributed by atoms with van der Waals surface area (Å²) in [5.74, 6) is -0.619. The Bertz CT molecular complexity index is 1990. The van der Waals surface area contributed by atoms with Crippen molar-refractivity contribution in [2.45, 2.75) is 471 Å². The van der Waals surface area contributed by atoms with Crippen molar-refractivity contribution in [1.82, 2.24) is 0 Å². The zero-order chi connectivity index (χ0) is 76.4. The molecule has 0 aromatic rings. The lowest BCUT2D eigenvalue weighted by Crippen LogP contribution is -2.30. The van der Waals surface area contributed by atoms with Gasteiger partial charge in [-0.05, 0) is 37.5 Å². The second kappa shape index (κ2) is 76.4. The van der Waals surface area contributed by atoms with Crippen LogP contribution in [-0.2, 0) is 65.4 Å². The van der Waals surface area contributed by atoms with Gasteiger partial charge in [0.1, 0.15) is 19.3 Å². The predicted molar refractivity (Wildman–Crippen MR) is 428 cm³/mol. The van der Waals surface area contributed by atoms with Crippen LogP contribution in [0.5, 0.6) is 0 Å². The topological polar surface area (TPSA) is 237 Å². The molecule has 0 fully saturated rings. The number of carbonyl (C=O) groups is 4. The summed E-state index contributed by atoms with van der Waals surface area (Å²) in [5, 5.41) is 10.7. The highest BCUT2D eigenvalue weighted by atomic mass is 31.2. The van der Waals surface area contributed by atoms with E-state index in [0.29, 0.717) is 31.6 Å². The molecule has 19 heteroatoms. The van der Waals surface area contributed by atoms with Crippen molar-refractivity contribution in [3.63, 3.8) is 0 Å². The minimum absolute atomic E-state index is 0.108. The quantitative estimate of drug-likeness (QED) is 0.0222. The maximum absolute atomic E-state index is 13.1. The maximum atomic E-state index is 13.1. The number of rotatable bonds is 84. The Balaban J connectivity index is 5.21. The van der Waals surface area contributed by atoms with E-state index in [2.05, 4.69) is 41.5 Å². The number of unbranched alkanes of at least 4 members (excludes halogenated alkanes) is 54. The Morgan fingerprint density at radius 1 is 0.260 bits per heavy atom. The van der Waals surface area contributed by atoms with E-state index in [9.17, 15) is 43.2 Å². The van der Waals surface area contributed by atoms with Gasteiger partial charge in [0.2, 0.25) is 0 Å². The molecule has 5 atom stereocenters. The first-order chi connectivity index (χ1) is 50.4. The summed E-state index contributed by atoms with van der Waals surface area (Å²) in [6.45, 7) is 9.61. The Morgan fingerprint density at radius 3 is 0.654 bits per heavy atom. The summed E-state index contributed by atoms with van der Waals surface area (Å²) in [6, 6.07) is 0. The average Bonchev–Trinajstić information content (AvgIpc) is 0.913. The zero-order valence-corrected chi connectivity index (χ0v) is 70.1. The Kier molecular flexibility index (Phi) is 75.0. The summed E-state index contributed by atoms with van der Waals surface area (Å²) in [6.07, 6.45) is 68.2. The first kappa shape index (κ1) is 102. The fourth-order valence-electron chi connectivity index (χ4n) is 13.2. The van der Waals surface area contributed by atoms with Gasteiger partial charge < -0.3 is 33.8 Å². The van der Waals surface area contributed by atoms with Gasteiger partial charge in [-0.2, -0.15) is 0 Å². The number of ether oxygens (including phenoxy) is 4. The molecule has 0 aromatic heterocycles. The third-order valence-corrected chi connectivity index (χ3v) is 21.9. The third-order valence-electron chi connectivity index (χ3n) is 20.0. The lowest BCUT2D eigenvalue weighted by molar-refractivity contribution is -0.161. The monoisotopic (exact) mass is 1520 g/mol. The van der Waals surface area contributed by atoms with E-state index in [4.69, 9.17) is 37.0 Å². The summed E-state index contributed by atoms with van der Waals surface area (Å²) >= 11 is 0. The lowest BCUT2D eigenvalue weighted by Gasteiger charge is -2.21. The number of carbonyl (C=O) groups excluding carboxylic acids is 4. The van der Waals surface area contributed by atoms with Crippen molar-refractivity contribution in [3.8, 4) is 0 Å². The molecule has 0 aliphatic heterocycles. The van der Waals surface area contributed by atoms with Crippen molar-refractivity contribution >= 4 is 39.5 Å². The molecule has 3 N–H and O–H groups in total. The number of phosphoric ester groups is 2. The largest absolute Gasteiger partial charge is 0.472 e. The standard InChI is InChI=1S/C85H166O17P2/c1-7-9-11-13-15-17-19-21-23-25-27-29-33-38-42-46-50-58-63-69-84(89)101-80(73-95-82(87)67-61-55-48-44-40-36-34-30-31-35-39-43-47-53-59-65-77(3)4)75-99-103(91,92)97-71-79(86)72-98-104(93,94)100-76-81(74-96-83(88)68-62-56-52-51-54-60-66-78(5)6)102-85(90)70-64-57-49-45-41-37-32-28-26-24-22-20-18-16-14-12-10-8-2/h77-81,86H,7-76H2,1-6H3,(H,91,92)(H,93,94)/t79-,80-,81-/m1/s1. The van der Waals surface area contributed by atoms with Crippen molar-refractivity contribution < 1.29 is 80.2 Å². The number of aliphatic hydroxyl groups excluding tert-OH is 1. The number of hydrogen-bond donors (Lipinski definition) is 3. The summed E-state index contributed by atoms with van der Waals surface area (Å²) in [4.78, 5) is 73.1. The molecular formula is C85H166O17P2. The van der Waals surface area contributed by atoms with Gasteiger partial charge in [-0.15, -0.1) is 0 Å². The SMILES string of the molecule is CCCCCCCCCCCCCCCCCCCCCC(=O)O[C@H](COC(=O)CCCCCCCCCCCCCCCCCC(C)C)COP(=O)(O)OC[C@@H](O)COP(=O)(O)OC[C@@H](COC(=O)CCCCCCCCC(C)C)OC(=O)CCCCCCCCCCCCCCCCCCCC. The molecule has 0 saturated heterocycles. The Labute approximate surface area is 638 Å². The van der Waals surface area contributed by atoms with Crippen LogP contribution in [0, 0.1) is 11.8 Å². The molecule has 2 unspecified atom stereocenters. The molecule has 0 rings (SSSR count). The highest BCUT2D eigenvalue weighted by molar-refractivity contribution is 7.47. The van der Waals surface area contributed by atoms with Gasteiger partial charge in [-0.1, -0.05) is 401 Å². The first-order valence-electron chi connectivity index (χ1n) is 44.0. The van der Waals surface area contributed by atoms with E-state index in [0.717, 1.165) is 102 Å². The van der Waals surface area contributed by atoms with E-state index in [1.165, 1.54) is 263 Å². The Hall–Kier alpha value is -1.94. The van der Waals surface area contributed by atoms with Crippen LogP contribution in [0.4, 0.5) is 0 Å². The van der Waals surface area contributed by atoms with Gasteiger partial charge in [-0.25, -0.2) is 9.13 Å². The van der Waals surface area contributed by atoms with Crippen LogP contribution in [0.3, 0.4) is 0 Å². The van der Waals surface area contributed by atoms with Crippen LogP contribution in [-0.4, -0.2) is 96.7 Å². The van der Waals surface area contributed by atoms with E-state index in [1.807, 2.05) is 0 Å². The highest BCUT2D eigenvalue weighted by Crippen LogP contribution is 2.45. The van der Waals surface area contributed by atoms with Gasteiger partial charge in [0.15, 0.2) is 12.2 Å². The van der Waals surface area contributed by atoms with Crippen molar-refractivity contribution in [2.24, 2.45) is 11.8 Å². The minimum Gasteiger partial charge on any atom is -0.462 e. The second-order valence-electron chi connectivity index (χ2n) is 31.5. The molecule has 17 nitrogen and oxygen atoms in total. The third kappa shape index (κ3) is 78.2. The van der Waals surface area contributed by atoms with Gasteiger partial charge >= 0.3 is 39.5 Å². The summed E-state index contributed by atoms with van der Waals surface area (Å²) in [7, 11) is -9.93. The van der Waals surface area contributed by atoms with Crippen LogP contribution < -0.4 is 0 Å². The van der Waals surface area contributed by atoms with E-state index in [-0.39, 0.29) is 25.7 Å². The van der Waals surface area contributed by atoms with Gasteiger partial charge in [-0.3, -0.25) is 37.3 Å². The molecular weight excluding hydrogens is 1350 g/mol. The number of esters is 4. The van der Waals surface area contributed by atoms with Crippen LogP contribution in [0.1, 0.15) is 452 Å². The zero-order valence-electron chi connectivity index (χ0n) is 68.3. The molecule has 0 bridgehead atoms. The molecule has 104 heavy (non-hydrogen) atoms. The normalized spacial score (nSPS) is 13.8. The van der Waals surface area contributed by atoms with E-state index >= 15 is 0 Å². The first-order valence-corrected chi connectivity index (χ1v) is 47.0. The smallest absolute Gasteiger partial charge is 0.462 e. The van der Waals surface area contributed by atoms with E-state index in [1.54, 1.807) is 0 Å². The Morgan fingerprint density at radius 2 is 0.442 bits per heavy atom. The molecule has 0 spiro atoms. The molecule has 0 aliphatic rings. The molecule has 0 aliphatic carbocycles. The van der Waals surface area contributed by atoms with Crippen LogP contribution in [0.25, 0.3) is 0 Å². The van der Waals surface area contributed by atoms with Gasteiger partial charge in [0, 0.05) is 25.7 Å².